The van der Waals surface area contributed by atoms with Crippen molar-refractivity contribution < 1.29 is 15.0 Å². The normalized spacial score (nSPS) is 13.6. The summed E-state index contributed by atoms with van der Waals surface area (Å²) in [6.07, 6.45) is 32.5. The van der Waals surface area contributed by atoms with Crippen LogP contribution in [0.15, 0.2) is 24.3 Å². The molecule has 35 heavy (non-hydrogen) atoms. The molecular formula is C31H59NO3. The largest absolute Gasteiger partial charge is 0.394 e. The summed E-state index contributed by atoms with van der Waals surface area (Å²) in [5.41, 5.74) is 0. The van der Waals surface area contributed by atoms with Gasteiger partial charge in [-0.3, -0.25) is 4.79 Å². The van der Waals surface area contributed by atoms with Gasteiger partial charge in [0.05, 0.1) is 18.8 Å². The molecule has 0 saturated carbocycles. The van der Waals surface area contributed by atoms with Gasteiger partial charge >= 0.3 is 0 Å². The molecule has 2 unspecified atom stereocenters. The zero-order chi connectivity index (χ0) is 25.8. The molecule has 1 amide bonds. The molecule has 0 aromatic carbocycles. The van der Waals surface area contributed by atoms with Gasteiger partial charge < -0.3 is 15.5 Å². The molecule has 0 spiro atoms. The molecule has 0 aliphatic rings. The van der Waals surface area contributed by atoms with E-state index in [1.54, 1.807) is 6.08 Å². The van der Waals surface area contributed by atoms with Crippen LogP contribution in [0, 0.1) is 0 Å². The number of amides is 1. The molecule has 3 N–H and O–H groups in total. The van der Waals surface area contributed by atoms with E-state index < -0.39 is 12.1 Å². The second-order valence-electron chi connectivity index (χ2n) is 10.2. The van der Waals surface area contributed by atoms with E-state index in [1.807, 2.05) is 6.08 Å². The van der Waals surface area contributed by atoms with Crippen LogP contribution >= 0.6 is 0 Å². The van der Waals surface area contributed by atoms with Crippen LogP contribution < -0.4 is 5.32 Å². The quantitative estimate of drug-likeness (QED) is 0.0840. The van der Waals surface area contributed by atoms with Crippen molar-refractivity contribution in [3.05, 3.63) is 24.3 Å². The van der Waals surface area contributed by atoms with E-state index in [4.69, 9.17) is 0 Å². The summed E-state index contributed by atoms with van der Waals surface area (Å²) in [5, 5.41) is 22.6. The number of hydrogen-bond donors (Lipinski definition) is 3. The van der Waals surface area contributed by atoms with E-state index in [1.165, 1.54) is 96.3 Å². The minimum absolute atomic E-state index is 0.0787. The maximum absolute atomic E-state index is 12.2. The molecule has 206 valence electrons. The lowest BCUT2D eigenvalue weighted by atomic mass is 10.1. The highest BCUT2D eigenvalue weighted by molar-refractivity contribution is 5.76. The van der Waals surface area contributed by atoms with Crippen LogP contribution in [0.2, 0.25) is 0 Å². The van der Waals surface area contributed by atoms with E-state index >= 15 is 0 Å². The highest BCUT2D eigenvalue weighted by Gasteiger charge is 2.17. The molecule has 0 aromatic rings. The van der Waals surface area contributed by atoms with Crippen LogP contribution in [0.1, 0.15) is 149 Å². The summed E-state index contributed by atoms with van der Waals surface area (Å²) in [6, 6.07) is -0.619. The predicted octanol–water partition coefficient (Wildman–Crippen LogP) is 8.17. The van der Waals surface area contributed by atoms with Crippen LogP contribution in [-0.2, 0) is 4.79 Å². The summed E-state index contributed by atoms with van der Waals surface area (Å²) in [6.45, 7) is 4.23. The van der Waals surface area contributed by atoms with Crippen molar-refractivity contribution in [3.63, 3.8) is 0 Å². The number of nitrogens with one attached hydrogen (secondary N) is 1. The van der Waals surface area contributed by atoms with E-state index in [9.17, 15) is 15.0 Å². The Morgan fingerprint density at radius 1 is 0.657 bits per heavy atom. The Kier molecular flexibility index (Phi) is 26.6. The Morgan fingerprint density at radius 3 is 1.57 bits per heavy atom. The van der Waals surface area contributed by atoms with Gasteiger partial charge in [0.25, 0.3) is 0 Å². The van der Waals surface area contributed by atoms with Gasteiger partial charge in [-0.2, -0.15) is 0 Å². The SMILES string of the molecule is CCCCCCCC/C=C\CCCCCCCC(=O)NC(CO)C(O)/C=C/CCCCCCCC. The van der Waals surface area contributed by atoms with Crippen molar-refractivity contribution in [1.29, 1.82) is 0 Å². The van der Waals surface area contributed by atoms with Crippen LogP contribution in [0.5, 0.6) is 0 Å². The highest BCUT2D eigenvalue weighted by atomic mass is 16.3. The fourth-order valence-corrected chi connectivity index (χ4v) is 4.29. The van der Waals surface area contributed by atoms with Gasteiger partial charge in [-0.05, 0) is 44.9 Å². The van der Waals surface area contributed by atoms with E-state index in [2.05, 4.69) is 31.3 Å². The molecule has 0 heterocycles. The van der Waals surface area contributed by atoms with Crippen molar-refractivity contribution in [2.24, 2.45) is 0 Å². The molecule has 2 atom stereocenters. The third-order valence-electron chi connectivity index (χ3n) is 6.68. The Hall–Kier alpha value is -1.13. The Labute approximate surface area is 218 Å². The molecular weight excluding hydrogens is 434 g/mol. The third-order valence-corrected chi connectivity index (χ3v) is 6.68. The van der Waals surface area contributed by atoms with E-state index in [0.717, 1.165) is 32.1 Å². The summed E-state index contributed by atoms with van der Waals surface area (Å²) >= 11 is 0. The van der Waals surface area contributed by atoms with E-state index in [0.29, 0.717) is 6.42 Å². The molecule has 0 radical (unpaired) electrons. The molecule has 0 bridgehead atoms. The number of carbonyl (C=O) groups is 1. The maximum atomic E-state index is 12.2. The fourth-order valence-electron chi connectivity index (χ4n) is 4.29. The maximum Gasteiger partial charge on any atom is 0.220 e. The van der Waals surface area contributed by atoms with Gasteiger partial charge in [0.2, 0.25) is 5.91 Å². The number of aliphatic hydroxyl groups is 2. The van der Waals surface area contributed by atoms with Gasteiger partial charge in [-0.25, -0.2) is 0 Å². The van der Waals surface area contributed by atoms with Gasteiger partial charge in [0.15, 0.2) is 0 Å². The van der Waals surface area contributed by atoms with Crippen LogP contribution in [0.25, 0.3) is 0 Å². The van der Waals surface area contributed by atoms with Crippen molar-refractivity contribution in [2.45, 2.75) is 161 Å². The standard InChI is InChI=1S/C31H59NO3/c1-3-5-7-9-11-13-14-15-16-17-18-19-21-23-25-27-31(35)32-29(28-33)30(34)26-24-22-20-12-10-8-6-4-2/h15-16,24,26,29-30,33-34H,3-14,17-23,25,27-28H2,1-2H3,(H,32,35)/b16-15-,26-24+. The van der Waals surface area contributed by atoms with Crippen molar-refractivity contribution in [2.75, 3.05) is 6.61 Å². The number of allylic oxidation sites excluding steroid dienone is 3. The monoisotopic (exact) mass is 493 g/mol. The summed E-state index contributed by atoms with van der Waals surface area (Å²) < 4.78 is 0. The van der Waals surface area contributed by atoms with Crippen molar-refractivity contribution in [1.82, 2.24) is 5.32 Å². The van der Waals surface area contributed by atoms with Crippen LogP contribution in [-0.4, -0.2) is 34.9 Å². The first-order valence-corrected chi connectivity index (χ1v) is 15.1. The molecule has 0 fully saturated rings. The van der Waals surface area contributed by atoms with Gasteiger partial charge in [-0.1, -0.05) is 122 Å². The lowest BCUT2D eigenvalue weighted by molar-refractivity contribution is -0.123. The molecule has 0 aliphatic heterocycles. The molecule has 4 heteroatoms. The minimum Gasteiger partial charge on any atom is -0.394 e. The third kappa shape index (κ3) is 24.3. The Morgan fingerprint density at radius 2 is 1.09 bits per heavy atom. The summed E-state index contributed by atoms with van der Waals surface area (Å²) in [7, 11) is 0. The number of rotatable bonds is 26. The average Bonchev–Trinajstić information content (AvgIpc) is 2.86. The molecule has 0 rings (SSSR count). The second-order valence-corrected chi connectivity index (χ2v) is 10.2. The minimum atomic E-state index is -0.835. The lowest BCUT2D eigenvalue weighted by Crippen LogP contribution is -2.45. The van der Waals surface area contributed by atoms with Gasteiger partial charge in [-0.15, -0.1) is 0 Å². The first kappa shape index (κ1) is 33.9. The number of carbonyl (C=O) groups excluding carboxylic acids is 1. The Balaban J connectivity index is 3.67. The molecule has 4 nitrogen and oxygen atoms in total. The first-order valence-electron chi connectivity index (χ1n) is 15.1. The molecule has 0 saturated heterocycles. The summed E-state index contributed by atoms with van der Waals surface area (Å²) in [4.78, 5) is 12.2. The van der Waals surface area contributed by atoms with Crippen LogP contribution in [0.4, 0.5) is 0 Å². The smallest absolute Gasteiger partial charge is 0.220 e. The summed E-state index contributed by atoms with van der Waals surface area (Å²) in [5.74, 6) is -0.0787. The topological polar surface area (TPSA) is 69.6 Å². The second kappa shape index (κ2) is 27.5. The van der Waals surface area contributed by atoms with Gasteiger partial charge in [0.1, 0.15) is 0 Å². The van der Waals surface area contributed by atoms with Crippen molar-refractivity contribution >= 4 is 5.91 Å². The molecule has 0 aromatic heterocycles. The number of hydrogen-bond acceptors (Lipinski definition) is 3. The molecule has 0 aliphatic carbocycles. The number of aliphatic hydroxyl groups excluding tert-OH is 2. The average molecular weight is 494 g/mol. The van der Waals surface area contributed by atoms with Crippen molar-refractivity contribution in [3.8, 4) is 0 Å². The number of unbranched alkanes of at least 4 members (excludes halogenated alkanes) is 17. The first-order chi connectivity index (χ1) is 17.2. The zero-order valence-corrected chi connectivity index (χ0v) is 23.3. The highest BCUT2D eigenvalue weighted by Crippen LogP contribution is 2.11. The van der Waals surface area contributed by atoms with Gasteiger partial charge in [0, 0.05) is 6.42 Å². The zero-order valence-electron chi connectivity index (χ0n) is 23.3. The fraction of sp³-hybridized carbons (Fsp3) is 0.839. The lowest BCUT2D eigenvalue weighted by Gasteiger charge is -2.20. The van der Waals surface area contributed by atoms with Crippen LogP contribution in [0.3, 0.4) is 0 Å². The van der Waals surface area contributed by atoms with E-state index in [-0.39, 0.29) is 12.5 Å². The Bertz CT molecular complexity index is 503. The predicted molar refractivity (Wildman–Crippen MR) is 152 cm³/mol.